The molecule has 1 amide bonds. The molecule has 0 saturated carbocycles. The van der Waals surface area contributed by atoms with Gasteiger partial charge in [-0.1, -0.05) is 12.1 Å². The van der Waals surface area contributed by atoms with Crippen molar-refractivity contribution in [1.29, 1.82) is 5.26 Å². The van der Waals surface area contributed by atoms with Crippen LogP contribution in [0.4, 0.5) is 0 Å². The van der Waals surface area contributed by atoms with Crippen molar-refractivity contribution in [2.75, 3.05) is 13.7 Å². The number of benzene rings is 2. The summed E-state index contributed by atoms with van der Waals surface area (Å²) in [5.74, 6) is 1.07. The van der Waals surface area contributed by atoms with Crippen LogP contribution < -0.4 is 14.8 Å². The van der Waals surface area contributed by atoms with Gasteiger partial charge in [-0.05, 0) is 49.7 Å². The average molecular weight is 324 g/mol. The Morgan fingerprint density at radius 2 is 2.04 bits per heavy atom. The van der Waals surface area contributed by atoms with E-state index in [1.165, 1.54) is 0 Å². The highest BCUT2D eigenvalue weighted by molar-refractivity contribution is 5.94. The molecule has 0 radical (unpaired) electrons. The predicted molar refractivity (Wildman–Crippen MR) is 91.2 cm³/mol. The van der Waals surface area contributed by atoms with E-state index < -0.39 is 0 Å². The molecule has 0 heterocycles. The molecule has 1 N–H and O–H groups in total. The van der Waals surface area contributed by atoms with E-state index in [-0.39, 0.29) is 11.9 Å². The maximum Gasteiger partial charge on any atom is 0.251 e. The smallest absolute Gasteiger partial charge is 0.251 e. The maximum atomic E-state index is 12.3. The molecule has 1 atom stereocenters. The Bertz CT molecular complexity index is 765. The largest absolute Gasteiger partial charge is 0.493 e. The van der Waals surface area contributed by atoms with Gasteiger partial charge in [0, 0.05) is 5.56 Å². The quantitative estimate of drug-likeness (QED) is 0.883. The van der Waals surface area contributed by atoms with Gasteiger partial charge in [-0.25, -0.2) is 0 Å². The number of carbonyl (C=O) groups is 1. The van der Waals surface area contributed by atoms with Gasteiger partial charge in [-0.15, -0.1) is 0 Å². The third-order valence-corrected chi connectivity index (χ3v) is 3.59. The van der Waals surface area contributed by atoms with Crippen molar-refractivity contribution < 1.29 is 14.3 Å². The summed E-state index contributed by atoms with van der Waals surface area (Å²) in [7, 11) is 1.58. The minimum absolute atomic E-state index is 0.215. The highest BCUT2D eigenvalue weighted by Gasteiger charge is 2.14. The molecular weight excluding hydrogens is 304 g/mol. The van der Waals surface area contributed by atoms with Crippen LogP contribution in [0, 0.1) is 11.3 Å². The number of nitrogens with zero attached hydrogens (tertiary/aromatic N) is 1. The Morgan fingerprint density at radius 1 is 1.25 bits per heavy atom. The van der Waals surface area contributed by atoms with E-state index in [4.69, 9.17) is 14.7 Å². The van der Waals surface area contributed by atoms with Crippen molar-refractivity contribution in [2.45, 2.75) is 19.9 Å². The molecule has 24 heavy (non-hydrogen) atoms. The molecule has 0 fully saturated rings. The van der Waals surface area contributed by atoms with E-state index in [2.05, 4.69) is 5.32 Å². The van der Waals surface area contributed by atoms with Crippen LogP contribution in [0.3, 0.4) is 0 Å². The van der Waals surface area contributed by atoms with Crippen LogP contribution >= 0.6 is 0 Å². The molecule has 0 saturated heterocycles. The average Bonchev–Trinajstić information content (AvgIpc) is 2.62. The fraction of sp³-hybridized carbons (Fsp3) is 0.263. The van der Waals surface area contributed by atoms with E-state index in [1.807, 2.05) is 38.1 Å². The van der Waals surface area contributed by atoms with Crippen molar-refractivity contribution in [3.63, 3.8) is 0 Å². The van der Waals surface area contributed by atoms with Crippen molar-refractivity contribution in [3.8, 4) is 17.6 Å². The van der Waals surface area contributed by atoms with Gasteiger partial charge in [0.05, 0.1) is 31.4 Å². The Hall–Kier alpha value is -3.00. The molecule has 5 heteroatoms. The minimum atomic E-state index is -0.229. The fourth-order valence-electron chi connectivity index (χ4n) is 2.32. The van der Waals surface area contributed by atoms with E-state index in [9.17, 15) is 4.79 Å². The van der Waals surface area contributed by atoms with Gasteiger partial charge >= 0.3 is 0 Å². The van der Waals surface area contributed by atoms with E-state index in [0.717, 1.165) is 5.56 Å². The summed E-state index contributed by atoms with van der Waals surface area (Å²) in [4.78, 5) is 12.3. The third kappa shape index (κ3) is 4.05. The topological polar surface area (TPSA) is 71.3 Å². The highest BCUT2D eigenvalue weighted by Crippen LogP contribution is 2.30. The van der Waals surface area contributed by atoms with E-state index in [1.54, 1.807) is 31.4 Å². The van der Waals surface area contributed by atoms with Crippen molar-refractivity contribution in [3.05, 3.63) is 59.2 Å². The number of amides is 1. The van der Waals surface area contributed by atoms with Gasteiger partial charge in [0.1, 0.15) is 0 Å². The molecule has 0 aliphatic rings. The van der Waals surface area contributed by atoms with Crippen LogP contribution in [0.1, 0.15) is 41.4 Å². The van der Waals surface area contributed by atoms with Crippen molar-refractivity contribution >= 4 is 5.91 Å². The first-order chi connectivity index (χ1) is 11.6. The first kappa shape index (κ1) is 17.4. The maximum absolute atomic E-state index is 12.3. The first-order valence-electron chi connectivity index (χ1n) is 7.70. The van der Waals surface area contributed by atoms with Crippen LogP contribution in [-0.4, -0.2) is 19.6 Å². The number of carbonyl (C=O) groups excluding carboxylic acids is 1. The minimum Gasteiger partial charge on any atom is -0.493 e. The van der Waals surface area contributed by atoms with Gasteiger partial charge < -0.3 is 14.8 Å². The molecule has 0 aromatic heterocycles. The lowest BCUT2D eigenvalue weighted by Crippen LogP contribution is -2.26. The number of nitriles is 1. The number of nitrogens with one attached hydrogen (secondary N) is 1. The number of ether oxygens (including phenoxy) is 2. The Labute approximate surface area is 141 Å². The molecule has 1 unspecified atom stereocenters. The van der Waals surface area contributed by atoms with Gasteiger partial charge in [0.25, 0.3) is 5.91 Å². The molecule has 124 valence electrons. The summed E-state index contributed by atoms with van der Waals surface area (Å²) in [6, 6.07) is 14.0. The Balaban J connectivity index is 2.15. The molecule has 2 rings (SSSR count). The standard InChI is InChI=1S/C19H20N2O3/c1-4-24-17-9-8-15(11-18(17)23-3)13(2)21-19(22)16-7-5-6-14(10-16)12-20/h5-11,13H,4H2,1-3H3,(H,21,22). The molecular formula is C19H20N2O3. The normalized spacial score (nSPS) is 11.2. The second-order valence-electron chi connectivity index (χ2n) is 5.23. The molecule has 2 aromatic carbocycles. The summed E-state index contributed by atoms with van der Waals surface area (Å²) < 4.78 is 10.8. The van der Waals surface area contributed by atoms with Crippen molar-refractivity contribution in [2.24, 2.45) is 0 Å². The highest BCUT2D eigenvalue weighted by atomic mass is 16.5. The zero-order valence-electron chi connectivity index (χ0n) is 14.0. The summed E-state index contributed by atoms with van der Waals surface area (Å²) in [5, 5.41) is 11.8. The van der Waals surface area contributed by atoms with Gasteiger partial charge in [0.2, 0.25) is 0 Å². The zero-order valence-corrected chi connectivity index (χ0v) is 14.0. The summed E-state index contributed by atoms with van der Waals surface area (Å²) in [6.07, 6.45) is 0. The van der Waals surface area contributed by atoms with Crippen LogP contribution in [0.5, 0.6) is 11.5 Å². The number of hydrogen-bond acceptors (Lipinski definition) is 4. The van der Waals surface area contributed by atoms with Crippen molar-refractivity contribution in [1.82, 2.24) is 5.32 Å². The lowest BCUT2D eigenvalue weighted by atomic mass is 10.1. The molecule has 2 aromatic rings. The van der Waals surface area contributed by atoms with Crippen LogP contribution in [0.25, 0.3) is 0 Å². The van der Waals surface area contributed by atoms with Crippen LogP contribution in [-0.2, 0) is 0 Å². The van der Waals surface area contributed by atoms with E-state index >= 15 is 0 Å². The molecule has 5 nitrogen and oxygen atoms in total. The van der Waals surface area contributed by atoms with Gasteiger partial charge in [-0.3, -0.25) is 4.79 Å². The monoisotopic (exact) mass is 324 g/mol. The number of methoxy groups -OCH3 is 1. The Kier molecular flexibility index (Phi) is 5.80. The fourth-order valence-corrected chi connectivity index (χ4v) is 2.32. The molecule has 0 aliphatic heterocycles. The third-order valence-electron chi connectivity index (χ3n) is 3.59. The number of rotatable bonds is 6. The second kappa shape index (κ2) is 8.02. The number of hydrogen-bond donors (Lipinski definition) is 1. The zero-order chi connectivity index (χ0) is 17.5. The van der Waals surface area contributed by atoms with Crippen LogP contribution in [0.2, 0.25) is 0 Å². The second-order valence-corrected chi connectivity index (χ2v) is 5.23. The summed E-state index contributed by atoms with van der Waals surface area (Å²) >= 11 is 0. The molecule has 0 spiro atoms. The summed E-state index contributed by atoms with van der Waals surface area (Å²) in [6.45, 7) is 4.35. The lowest BCUT2D eigenvalue weighted by Gasteiger charge is -2.17. The SMILES string of the molecule is CCOc1ccc(C(C)NC(=O)c2cccc(C#N)c2)cc1OC. The molecule has 0 aliphatic carbocycles. The predicted octanol–water partition coefficient (Wildman–Crippen LogP) is 3.46. The first-order valence-corrected chi connectivity index (χ1v) is 7.70. The lowest BCUT2D eigenvalue weighted by molar-refractivity contribution is 0.0940. The van der Waals surface area contributed by atoms with E-state index in [0.29, 0.717) is 29.2 Å². The van der Waals surface area contributed by atoms with Gasteiger partial charge in [0.15, 0.2) is 11.5 Å². The summed E-state index contributed by atoms with van der Waals surface area (Å²) in [5.41, 5.74) is 1.82. The van der Waals surface area contributed by atoms with Gasteiger partial charge in [-0.2, -0.15) is 5.26 Å². The molecule has 0 bridgehead atoms. The Morgan fingerprint density at radius 3 is 2.71 bits per heavy atom. The van der Waals surface area contributed by atoms with Crippen LogP contribution in [0.15, 0.2) is 42.5 Å².